The maximum atomic E-state index is 13.1. The number of carbonyl (C=O) groups excluding carboxylic acids is 2. The number of carbonyl (C=O) groups is 2. The number of halogens is 5. The summed E-state index contributed by atoms with van der Waals surface area (Å²) < 4.78 is 41.8. The quantitative estimate of drug-likeness (QED) is 0.201. The smallest absolute Gasteiger partial charge is 0.345 e. The predicted molar refractivity (Wildman–Crippen MR) is 152 cm³/mol. The van der Waals surface area contributed by atoms with Crippen molar-refractivity contribution in [3.05, 3.63) is 98.2 Å². The molecular weight excluding hydrogens is 631 g/mol. The zero-order valence-corrected chi connectivity index (χ0v) is 24.3. The van der Waals surface area contributed by atoms with Crippen molar-refractivity contribution in [2.45, 2.75) is 31.7 Å². The average Bonchev–Trinajstić information content (AvgIpc) is 3.31. The molecule has 0 aliphatic heterocycles. The Bertz CT molecular complexity index is 1560. The van der Waals surface area contributed by atoms with E-state index in [4.69, 9.17) is 11.6 Å². The zero-order chi connectivity index (χ0) is 29.0. The fourth-order valence-corrected chi connectivity index (χ4v) is 4.82. The van der Waals surface area contributed by atoms with Crippen LogP contribution in [0.1, 0.15) is 32.9 Å². The Hall–Kier alpha value is -3.35. The summed E-state index contributed by atoms with van der Waals surface area (Å²) in [5.74, 6) is -0.625. The summed E-state index contributed by atoms with van der Waals surface area (Å²) in [6.45, 7) is 3.95. The molecule has 0 aliphatic rings. The summed E-state index contributed by atoms with van der Waals surface area (Å²) in [4.78, 5) is 25.4. The molecule has 208 valence electrons. The number of amides is 2. The van der Waals surface area contributed by atoms with Crippen molar-refractivity contribution >= 4 is 56.8 Å². The van der Waals surface area contributed by atoms with E-state index >= 15 is 0 Å². The maximum Gasteiger partial charge on any atom is 0.416 e. The molecule has 4 rings (SSSR count). The molecule has 0 radical (unpaired) electrons. The summed E-state index contributed by atoms with van der Waals surface area (Å²) in [6, 6.07) is 15.4. The van der Waals surface area contributed by atoms with Gasteiger partial charge in [-0.05, 0) is 79.6 Å². The highest BCUT2D eigenvalue weighted by Gasteiger charge is 2.31. The van der Waals surface area contributed by atoms with Crippen LogP contribution in [0.2, 0.25) is 5.02 Å². The van der Waals surface area contributed by atoms with Crippen LogP contribution in [-0.2, 0) is 17.5 Å². The van der Waals surface area contributed by atoms with Crippen LogP contribution in [0.25, 0.3) is 5.69 Å². The number of anilines is 1. The average molecular weight is 653 g/mol. The van der Waals surface area contributed by atoms with Crippen LogP contribution in [0.15, 0.2) is 70.3 Å². The maximum absolute atomic E-state index is 13.1. The molecule has 7 nitrogen and oxygen atoms in total. The first kappa shape index (κ1) is 29.6. The second kappa shape index (κ2) is 12.4. The molecule has 1 aromatic heterocycles. The third-order valence-corrected chi connectivity index (χ3v) is 7.65. The number of benzene rings is 3. The SMILES string of the molecule is Cc1ccc(C(=O)NCc2nnc(SCC(=O)Nc3cc(C(F)(F)F)ccc3Cl)n2-c2ccc(Br)cc2)cc1C. The van der Waals surface area contributed by atoms with Crippen molar-refractivity contribution in [2.24, 2.45) is 0 Å². The standard InChI is InChI=1S/C27H22BrClF3N5O2S/c1-15-3-4-17(11-16(15)2)25(39)33-13-23-35-36-26(37(23)20-8-6-19(28)7-9-20)40-14-24(38)34-22-12-18(27(30,31)32)5-10-21(22)29/h3-12H,13-14H2,1-2H3,(H,33,39)(H,34,38). The van der Waals surface area contributed by atoms with Crippen molar-refractivity contribution in [3.63, 3.8) is 0 Å². The molecule has 0 spiro atoms. The van der Waals surface area contributed by atoms with Gasteiger partial charge in [0.1, 0.15) is 0 Å². The Kier molecular flexibility index (Phi) is 9.22. The van der Waals surface area contributed by atoms with Crippen LogP contribution >= 0.6 is 39.3 Å². The Balaban J connectivity index is 1.51. The molecular formula is C27H22BrClF3N5O2S. The lowest BCUT2D eigenvalue weighted by molar-refractivity contribution is -0.137. The number of hydrogen-bond acceptors (Lipinski definition) is 5. The zero-order valence-electron chi connectivity index (χ0n) is 21.1. The highest BCUT2D eigenvalue weighted by Crippen LogP contribution is 2.34. The fraction of sp³-hybridized carbons (Fsp3) is 0.185. The molecule has 4 aromatic rings. The number of nitrogens with zero attached hydrogens (tertiary/aromatic N) is 3. The Morgan fingerprint density at radius 1 is 1.00 bits per heavy atom. The molecule has 13 heteroatoms. The van der Waals surface area contributed by atoms with Crippen molar-refractivity contribution in [1.29, 1.82) is 0 Å². The molecule has 3 aromatic carbocycles. The molecule has 0 atom stereocenters. The van der Waals surface area contributed by atoms with E-state index in [0.717, 1.165) is 45.6 Å². The van der Waals surface area contributed by atoms with Crippen LogP contribution in [0.4, 0.5) is 18.9 Å². The predicted octanol–water partition coefficient (Wildman–Crippen LogP) is 6.98. The van der Waals surface area contributed by atoms with Gasteiger partial charge in [-0.3, -0.25) is 14.2 Å². The van der Waals surface area contributed by atoms with E-state index in [-0.39, 0.29) is 28.9 Å². The van der Waals surface area contributed by atoms with E-state index < -0.39 is 17.6 Å². The van der Waals surface area contributed by atoms with Crippen LogP contribution in [-0.4, -0.2) is 32.3 Å². The molecule has 0 saturated carbocycles. The first-order valence-corrected chi connectivity index (χ1v) is 13.9. The fourth-order valence-electron chi connectivity index (χ4n) is 3.62. The molecule has 0 aliphatic carbocycles. The summed E-state index contributed by atoms with van der Waals surface area (Å²) in [5.41, 5.74) is 2.19. The van der Waals surface area contributed by atoms with E-state index in [2.05, 4.69) is 36.8 Å². The lowest BCUT2D eigenvalue weighted by Gasteiger charge is -2.13. The first-order chi connectivity index (χ1) is 18.9. The van der Waals surface area contributed by atoms with Crippen molar-refractivity contribution < 1.29 is 22.8 Å². The number of aromatic nitrogens is 3. The lowest BCUT2D eigenvalue weighted by atomic mass is 10.1. The molecule has 2 N–H and O–H groups in total. The Morgan fingerprint density at radius 2 is 1.73 bits per heavy atom. The number of nitrogens with one attached hydrogen (secondary N) is 2. The summed E-state index contributed by atoms with van der Waals surface area (Å²) >= 11 is 10.4. The van der Waals surface area contributed by atoms with Gasteiger partial charge < -0.3 is 10.6 Å². The molecule has 0 fully saturated rings. The van der Waals surface area contributed by atoms with Gasteiger partial charge in [-0.25, -0.2) is 0 Å². The number of hydrogen-bond donors (Lipinski definition) is 2. The largest absolute Gasteiger partial charge is 0.416 e. The third-order valence-electron chi connectivity index (χ3n) is 5.86. The van der Waals surface area contributed by atoms with Crippen molar-refractivity contribution in [3.8, 4) is 5.69 Å². The van der Waals surface area contributed by atoms with Gasteiger partial charge in [0.25, 0.3) is 5.91 Å². The Morgan fingerprint density at radius 3 is 2.40 bits per heavy atom. The first-order valence-electron chi connectivity index (χ1n) is 11.8. The van der Waals surface area contributed by atoms with Crippen LogP contribution in [0, 0.1) is 13.8 Å². The summed E-state index contributed by atoms with van der Waals surface area (Å²) in [7, 11) is 0. The van der Waals surface area contributed by atoms with Crippen LogP contribution in [0.3, 0.4) is 0 Å². The van der Waals surface area contributed by atoms with Crippen LogP contribution in [0.5, 0.6) is 0 Å². The second-order valence-electron chi connectivity index (χ2n) is 8.72. The molecule has 0 unspecified atom stereocenters. The third kappa shape index (κ3) is 7.23. The summed E-state index contributed by atoms with van der Waals surface area (Å²) in [6.07, 6.45) is -4.58. The van der Waals surface area contributed by atoms with Crippen molar-refractivity contribution in [2.75, 3.05) is 11.1 Å². The molecule has 2 amide bonds. The molecule has 0 saturated heterocycles. The van der Waals surface area contributed by atoms with E-state index in [1.807, 2.05) is 44.2 Å². The van der Waals surface area contributed by atoms with Gasteiger partial charge in [-0.15, -0.1) is 10.2 Å². The monoisotopic (exact) mass is 651 g/mol. The highest BCUT2D eigenvalue weighted by atomic mass is 79.9. The van der Waals surface area contributed by atoms with Gasteiger partial charge in [-0.1, -0.05) is 45.4 Å². The van der Waals surface area contributed by atoms with Gasteiger partial charge in [-0.2, -0.15) is 13.2 Å². The highest BCUT2D eigenvalue weighted by molar-refractivity contribution is 9.10. The minimum absolute atomic E-state index is 0.0221. The minimum Gasteiger partial charge on any atom is -0.345 e. The number of alkyl halides is 3. The van der Waals surface area contributed by atoms with Crippen molar-refractivity contribution in [1.82, 2.24) is 20.1 Å². The van der Waals surface area contributed by atoms with E-state index in [9.17, 15) is 22.8 Å². The molecule has 1 heterocycles. The van der Waals surface area contributed by atoms with Crippen LogP contribution < -0.4 is 10.6 Å². The minimum atomic E-state index is -4.58. The lowest BCUT2D eigenvalue weighted by Crippen LogP contribution is -2.24. The van der Waals surface area contributed by atoms with E-state index in [1.54, 1.807) is 16.7 Å². The van der Waals surface area contributed by atoms with Gasteiger partial charge >= 0.3 is 6.18 Å². The van der Waals surface area contributed by atoms with Gasteiger partial charge in [0.05, 0.1) is 28.6 Å². The molecule has 40 heavy (non-hydrogen) atoms. The van der Waals surface area contributed by atoms with E-state index in [1.165, 1.54) is 0 Å². The van der Waals surface area contributed by atoms with Gasteiger partial charge in [0.2, 0.25) is 5.91 Å². The molecule has 0 bridgehead atoms. The van der Waals surface area contributed by atoms with E-state index in [0.29, 0.717) is 22.2 Å². The topological polar surface area (TPSA) is 88.9 Å². The summed E-state index contributed by atoms with van der Waals surface area (Å²) in [5, 5.41) is 14.0. The van der Waals surface area contributed by atoms with Gasteiger partial charge in [0, 0.05) is 15.7 Å². The number of thioether (sulfide) groups is 1. The van der Waals surface area contributed by atoms with Gasteiger partial charge in [0.15, 0.2) is 11.0 Å². The number of rotatable bonds is 8. The normalized spacial score (nSPS) is 11.4. The Labute approximate surface area is 245 Å². The number of aryl methyl sites for hydroxylation is 2. The second-order valence-corrected chi connectivity index (χ2v) is 11.0.